The minimum atomic E-state index is 0.913. The van der Waals surface area contributed by atoms with Crippen molar-refractivity contribution in [2.45, 2.75) is 12.8 Å². The maximum absolute atomic E-state index is 4.26. The summed E-state index contributed by atoms with van der Waals surface area (Å²) >= 11 is 0. The van der Waals surface area contributed by atoms with E-state index in [0.717, 1.165) is 19.4 Å². The molecule has 0 aromatic carbocycles. The highest BCUT2D eigenvalue weighted by molar-refractivity contribution is 6.02. The summed E-state index contributed by atoms with van der Waals surface area (Å²) in [7, 11) is 0. The van der Waals surface area contributed by atoms with E-state index in [1.807, 2.05) is 12.4 Å². The molecule has 0 fully saturated rings. The fraction of sp³-hybridized carbons (Fsp3) is 0.375. The first-order chi connectivity index (χ1) is 4.97. The molecule has 0 spiro atoms. The molecular formula is C8H9N2. The highest BCUT2D eigenvalue weighted by Crippen LogP contribution is 2.15. The first-order valence-corrected chi connectivity index (χ1v) is 3.54. The van der Waals surface area contributed by atoms with Gasteiger partial charge in [0, 0.05) is 31.1 Å². The minimum Gasteiger partial charge on any atom is -0.292 e. The zero-order valence-corrected chi connectivity index (χ0v) is 5.75. The third-order valence-corrected chi connectivity index (χ3v) is 1.77. The fourth-order valence-electron chi connectivity index (χ4n) is 1.22. The van der Waals surface area contributed by atoms with Gasteiger partial charge in [0.05, 0.1) is 0 Å². The number of rotatable bonds is 0. The predicted molar refractivity (Wildman–Crippen MR) is 40.9 cm³/mol. The van der Waals surface area contributed by atoms with Gasteiger partial charge in [-0.1, -0.05) is 6.08 Å². The lowest BCUT2D eigenvalue weighted by Gasteiger charge is -2.15. The van der Waals surface area contributed by atoms with E-state index >= 15 is 0 Å². The number of nitrogens with zero attached hydrogens (tertiary/aromatic N) is 2. The van der Waals surface area contributed by atoms with Gasteiger partial charge < -0.3 is 0 Å². The lowest BCUT2D eigenvalue weighted by molar-refractivity contribution is 0.819. The van der Waals surface area contributed by atoms with Crippen molar-refractivity contribution in [3.8, 4) is 0 Å². The molecule has 0 saturated heterocycles. The molecule has 0 aliphatic carbocycles. The third-order valence-electron chi connectivity index (χ3n) is 1.77. The van der Waals surface area contributed by atoms with Crippen LogP contribution in [0.25, 0.3) is 0 Å². The van der Waals surface area contributed by atoms with E-state index in [9.17, 15) is 0 Å². The van der Waals surface area contributed by atoms with E-state index in [1.165, 1.54) is 11.3 Å². The molecule has 0 amide bonds. The van der Waals surface area contributed by atoms with Crippen LogP contribution < -0.4 is 5.32 Å². The highest BCUT2D eigenvalue weighted by atomic mass is 14.9. The quantitative estimate of drug-likeness (QED) is 0.475. The van der Waals surface area contributed by atoms with Crippen molar-refractivity contribution < 1.29 is 0 Å². The van der Waals surface area contributed by atoms with Gasteiger partial charge in [0.15, 0.2) is 0 Å². The van der Waals surface area contributed by atoms with Gasteiger partial charge in [0.2, 0.25) is 0 Å². The summed E-state index contributed by atoms with van der Waals surface area (Å²) in [5.74, 6) is 0. The van der Waals surface area contributed by atoms with Gasteiger partial charge in [-0.05, 0) is 12.0 Å². The molecule has 0 unspecified atom stereocenters. The lowest BCUT2D eigenvalue weighted by Crippen LogP contribution is -2.18. The van der Waals surface area contributed by atoms with Crippen LogP contribution in [0.2, 0.25) is 0 Å². The average molecular weight is 133 g/mol. The normalized spacial score (nSPS) is 22.4. The molecule has 0 atom stereocenters. The molecule has 2 rings (SSSR count). The Labute approximate surface area is 60.3 Å². The van der Waals surface area contributed by atoms with Crippen molar-refractivity contribution in [1.82, 2.24) is 5.32 Å². The Kier molecular flexibility index (Phi) is 1.31. The summed E-state index contributed by atoms with van der Waals surface area (Å²) in [6.45, 7) is 0.913. The molecule has 10 heavy (non-hydrogen) atoms. The standard InChI is InChI=1S/C8H9N2/c1-2-7-6-9-5-3-8(7)10-4-1/h1,4,6H,2-3,5H2. The zero-order chi connectivity index (χ0) is 6.81. The van der Waals surface area contributed by atoms with Gasteiger partial charge in [-0.25, -0.2) is 0 Å². The van der Waals surface area contributed by atoms with E-state index in [4.69, 9.17) is 0 Å². The molecule has 0 bridgehead atoms. The molecular weight excluding hydrogens is 124 g/mol. The van der Waals surface area contributed by atoms with Crippen LogP contribution in [0.3, 0.4) is 0 Å². The highest BCUT2D eigenvalue weighted by Gasteiger charge is 2.11. The van der Waals surface area contributed by atoms with Gasteiger partial charge in [0.1, 0.15) is 0 Å². The number of allylic oxidation sites excluding steroid dienone is 2. The van der Waals surface area contributed by atoms with Crippen molar-refractivity contribution in [2.75, 3.05) is 6.54 Å². The van der Waals surface area contributed by atoms with Crippen LogP contribution in [0, 0.1) is 0 Å². The fourth-order valence-corrected chi connectivity index (χ4v) is 1.22. The van der Waals surface area contributed by atoms with Crippen LogP contribution in [-0.2, 0) is 0 Å². The second kappa shape index (κ2) is 2.29. The number of hydrogen-bond acceptors (Lipinski definition) is 1. The third kappa shape index (κ3) is 0.856. The molecule has 0 aromatic rings. The number of aliphatic imine (C=N–C) groups is 1. The average Bonchev–Trinajstić information content (AvgIpc) is 2.05. The Morgan fingerprint density at radius 3 is 3.30 bits per heavy atom. The van der Waals surface area contributed by atoms with Crippen LogP contribution in [0.15, 0.2) is 29.0 Å². The second-order valence-electron chi connectivity index (χ2n) is 2.48. The van der Waals surface area contributed by atoms with Crippen molar-refractivity contribution >= 4 is 5.71 Å². The maximum Gasteiger partial charge on any atom is 0.0472 e. The molecule has 2 nitrogen and oxygen atoms in total. The summed E-state index contributed by atoms with van der Waals surface area (Å²) < 4.78 is 0. The largest absolute Gasteiger partial charge is 0.292 e. The summed E-state index contributed by atoms with van der Waals surface area (Å²) in [6.07, 6.45) is 7.94. The van der Waals surface area contributed by atoms with Crippen LogP contribution in [0.1, 0.15) is 12.8 Å². The summed E-state index contributed by atoms with van der Waals surface area (Å²) in [5, 5.41) is 4.18. The van der Waals surface area contributed by atoms with Crippen molar-refractivity contribution in [1.29, 1.82) is 0 Å². The predicted octanol–water partition coefficient (Wildman–Crippen LogP) is 1.24. The van der Waals surface area contributed by atoms with Crippen molar-refractivity contribution in [3.63, 3.8) is 0 Å². The van der Waals surface area contributed by atoms with Crippen molar-refractivity contribution in [2.24, 2.45) is 4.99 Å². The zero-order valence-electron chi connectivity index (χ0n) is 5.75. The van der Waals surface area contributed by atoms with Gasteiger partial charge >= 0.3 is 0 Å². The molecule has 0 saturated carbocycles. The monoisotopic (exact) mass is 133 g/mol. The SMILES string of the molecule is C1=CN=C2CC[N]C=C2C1. The van der Waals surface area contributed by atoms with Gasteiger partial charge in [0.25, 0.3) is 0 Å². The lowest BCUT2D eigenvalue weighted by atomic mass is 10.0. The van der Waals surface area contributed by atoms with Gasteiger partial charge in [-0.3, -0.25) is 10.3 Å². The Morgan fingerprint density at radius 1 is 1.40 bits per heavy atom. The van der Waals surface area contributed by atoms with Crippen LogP contribution in [0.4, 0.5) is 0 Å². The summed E-state index contributed by atoms with van der Waals surface area (Å²) in [6, 6.07) is 0. The van der Waals surface area contributed by atoms with Crippen LogP contribution in [-0.4, -0.2) is 12.3 Å². The molecule has 1 radical (unpaired) electrons. The number of fused-ring (bicyclic) bond motifs is 1. The Balaban J connectivity index is 2.32. The first-order valence-electron chi connectivity index (χ1n) is 3.54. The maximum atomic E-state index is 4.26. The topological polar surface area (TPSA) is 26.5 Å². The summed E-state index contributed by atoms with van der Waals surface area (Å²) in [5.41, 5.74) is 2.53. The first kappa shape index (κ1) is 5.71. The Morgan fingerprint density at radius 2 is 2.40 bits per heavy atom. The van der Waals surface area contributed by atoms with Gasteiger partial charge in [-0.15, -0.1) is 0 Å². The van der Waals surface area contributed by atoms with E-state index in [0.29, 0.717) is 0 Å². The van der Waals surface area contributed by atoms with Crippen LogP contribution in [0.5, 0.6) is 0 Å². The molecule has 51 valence electrons. The van der Waals surface area contributed by atoms with E-state index in [1.54, 1.807) is 0 Å². The van der Waals surface area contributed by atoms with Gasteiger partial charge in [-0.2, -0.15) is 0 Å². The molecule has 0 aromatic heterocycles. The molecule has 2 heteroatoms. The van der Waals surface area contributed by atoms with E-state index < -0.39 is 0 Å². The van der Waals surface area contributed by atoms with E-state index in [2.05, 4.69) is 16.4 Å². The molecule has 2 aliphatic heterocycles. The Hall–Kier alpha value is -1.05. The minimum absolute atomic E-state index is 0.913. The second-order valence-corrected chi connectivity index (χ2v) is 2.48. The molecule has 2 heterocycles. The Bertz CT molecular complexity index is 223. The van der Waals surface area contributed by atoms with Crippen LogP contribution >= 0.6 is 0 Å². The van der Waals surface area contributed by atoms with Crippen molar-refractivity contribution in [3.05, 3.63) is 24.0 Å². The van der Waals surface area contributed by atoms with E-state index in [-0.39, 0.29) is 0 Å². The molecule has 2 aliphatic rings. The summed E-state index contributed by atoms with van der Waals surface area (Å²) in [4.78, 5) is 4.26. The smallest absolute Gasteiger partial charge is 0.0472 e. The number of hydrogen-bond donors (Lipinski definition) is 0. The molecule has 0 N–H and O–H groups in total.